The van der Waals surface area contributed by atoms with E-state index >= 15 is 0 Å². The summed E-state index contributed by atoms with van der Waals surface area (Å²) < 4.78 is 0. The number of hydrogen-bond donors (Lipinski definition) is 3. The number of carbonyl (C=O) groups is 1. The molecule has 7 nitrogen and oxygen atoms in total. The minimum absolute atomic E-state index is 0.0623. The van der Waals surface area contributed by atoms with Crippen molar-refractivity contribution < 1.29 is 4.79 Å². The monoisotopic (exact) mass is 416 g/mol. The number of carbonyl (C=O) groups excluding carboxylic acids is 1. The molecule has 0 bridgehead atoms. The summed E-state index contributed by atoms with van der Waals surface area (Å²) in [6.07, 6.45) is 0. The lowest BCUT2D eigenvalue weighted by Crippen LogP contribution is -2.47. The average molecular weight is 417 g/mol. The molecule has 0 saturated carbocycles. The molecule has 3 aromatic rings. The normalized spacial score (nSPS) is 14.3. The highest BCUT2D eigenvalue weighted by molar-refractivity contribution is 5.95. The Bertz CT molecular complexity index is 1030. The van der Waals surface area contributed by atoms with E-state index in [1.807, 2.05) is 71.6 Å². The quantitative estimate of drug-likeness (QED) is 0.571. The van der Waals surface area contributed by atoms with Crippen LogP contribution in [0.4, 0.5) is 23.0 Å². The van der Waals surface area contributed by atoms with Gasteiger partial charge in [0.1, 0.15) is 5.82 Å². The number of nitrogens with one attached hydrogen (secondary N) is 2. The van der Waals surface area contributed by atoms with Crippen LogP contribution < -0.4 is 16.4 Å². The average Bonchev–Trinajstić information content (AvgIpc) is 2.80. The van der Waals surface area contributed by atoms with Crippen molar-refractivity contribution in [3.05, 3.63) is 77.9 Å². The number of hydrogen-bond acceptors (Lipinski definition) is 6. The molecule has 0 aliphatic carbocycles. The lowest BCUT2D eigenvalue weighted by atomic mass is 10.1. The van der Waals surface area contributed by atoms with Crippen molar-refractivity contribution >= 4 is 28.9 Å². The highest BCUT2D eigenvalue weighted by atomic mass is 16.2. The summed E-state index contributed by atoms with van der Waals surface area (Å²) >= 11 is 0. The Labute approximate surface area is 182 Å². The molecule has 7 heteroatoms. The molecule has 2 heterocycles. The fourth-order valence-electron chi connectivity index (χ4n) is 3.53. The van der Waals surface area contributed by atoms with Crippen molar-refractivity contribution in [1.82, 2.24) is 14.8 Å². The summed E-state index contributed by atoms with van der Waals surface area (Å²) in [5.41, 5.74) is 9.32. The molecule has 0 spiro atoms. The third kappa shape index (κ3) is 5.32. The molecular weight excluding hydrogens is 388 g/mol. The van der Waals surface area contributed by atoms with E-state index in [4.69, 9.17) is 5.73 Å². The fraction of sp³-hybridized carbons (Fsp3) is 0.250. The molecule has 31 heavy (non-hydrogen) atoms. The Morgan fingerprint density at radius 2 is 1.77 bits per heavy atom. The van der Waals surface area contributed by atoms with E-state index in [9.17, 15) is 4.79 Å². The second-order valence-corrected chi connectivity index (χ2v) is 7.77. The van der Waals surface area contributed by atoms with Crippen LogP contribution in [0, 0.1) is 0 Å². The standard InChI is InChI=1S/C24H28N6O/c1-29-12-14-30(15-13-29)24(31)19-8-5-9-20(16-19)27-22-11-10-21(25)23(28-22)26-17-18-6-3-2-4-7-18/h2-11,16H,12-15,17,25H2,1H3,(H2,26,27,28). The van der Waals surface area contributed by atoms with E-state index in [-0.39, 0.29) is 5.91 Å². The minimum Gasteiger partial charge on any atom is -0.396 e. The SMILES string of the molecule is CN1CCN(C(=O)c2cccc(Nc3ccc(N)c(NCc4ccccc4)n3)c2)CC1. The third-order valence-corrected chi connectivity index (χ3v) is 5.40. The van der Waals surface area contributed by atoms with Gasteiger partial charge in [-0.15, -0.1) is 0 Å². The summed E-state index contributed by atoms with van der Waals surface area (Å²) in [6, 6.07) is 21.3. The van der Waals surface area contributed by atoms with E-state index in [1.165, 1.54) is 0 Å². The van der Waals surface area contributed by atoms with Crippen molar-refractivity contribution in [2.24, 2.45) is 0 Å². The molecule has 1 fully saturated rings. The van der Waals surface area contributed by atoms with Gasteiger partial charge in [0, 0.05) is 44.0 Å². The molecule has 0 atom stereocenters. The van der Waals surface area contributed by atoms with Gasteiger partial charge in [-0.2, -0.15) is 0 Å². The van der Waals surface area contributed by atoms with Gasteiger partial charge < -0.3 is 26.2 Å². The lowest BCUT2D eigenvalue weighted by Gasteiger charge is -2.32. The molecule has 1 aliphatic heterocycles. The van der Waals surface area contributed by atoms with Crippen LogP contribution in [0.5, 0.6) is 0 Å². The number of piperazine rings is 1. The number of nitrogen functional groups attached to an aromatic ring is 1. The van der Waals surface area contributed by atoms with E-state index in [2.05, 4.69) is 27.6 Å². The van der Waals surface area contributed by atoms with E-state index in [0.717, 1.165) is 37.4 Å². The van der Waals surface area contributed by atoms with E-state index in [0.29, 0.717) is 29.4 Å². The van der Waals surface area contributed by atoms with Gasteiger partial charge in [0.25, 0.3) is 5.91 Å². The van der Waals surface area contributed by atoms with Crippen LogP contribution in [-0.2, 0) is 6.54 Å². The van der Waals surface area contributed by atoms with Crippen molar-refractivity contribution in [3.63, 3.8) is 0 Å². The van der Waals surface area contributed by atoms with Crippen LogP contribution in [0.3, 0.4) is 0 Å². The Kier molecular flexibility index (Phi) is 6.33. The molecule has 1 saturated heterocycles. The molecule has 1 aliphatic rings. The van der Waals surface area contributed by atoms with Crippen molar-refractivity contribution in [1.29, 1.82) is 0 Å². The Balaban J connectivity index is 1.44. The molecule has 4 N–H and O–H groups in total. The predicted octanol–water partition coefficient (Wildman–Crippen LogP) is 3.41. The number of benzene rings is 2. The number of amides is 1. The van der Waals surface area contributed by atoms with Gasteiger partial charge in [-0.05, 0) is 42.9 Å². The van der Waals surface area contributed by atoms with Crippen LogP contribution >= 0.6 is 0 Å². The maximum absolute atomic E-state index is 12.9. The fourth-order valence-corrected chi connectivity index (χ4v) is 3.53. The summed E-state index contributed by atoms with van der Waals surface area (Å²) in [5.74, 6) is 1.35. The van der Waals surface area contributed by atoms with Gasteiger partial charge in [-0.3, -0.25) is 4.79 Å². The number of anilines is 4. The van der Waals surface area contributed by atoms with Crippen molar-refractivity contribution in [3.8, 4) is 0 Å². The van der Waals surface area contributed by atoms with Gasteiger partial charge in [-0.25, -0.2) is 4.98 Å². The smallest absolute Gasteiger partial charge is 0.254 e. The Hall–Kier alpha value is -3.58. The molecule has 160 valence electrons. The molecule has 2 aromatic carbocycles. The topological polar surface area (TPSA) is 86.5 Å². The molecule has 4 rings (SSSR count). The Morgan fingerprint density at radius 1 is 1.00 bits per heavy atom. The van der Waals surface area contributed by atoms with Gasteiger partial charge in [0.05, 0.1) is 5.69 Å². The minimum atomic E-state index is 0.0623. The van der Waals surface area contributed by atoms with Gasteiger partial charge in [0.2, 0.25) is 0 Å². The molecular formula is C24H28N6O. The zero-order chi connectivity index (χ0) is 21.6. The number of nitrogens with zero attached hydrogens (tertiary/aromatic N) is 3. The maximum Gasteiger partial charge on any atom is 0.254 e. The first-order valence-electron chi connectivity index (χ1n) is 10.5. The molecule has 1 amide bonds. The zero-order valence-electron chi connectivity index (χ0n) is 17.7. The van der Waals surface area contributed by atoms with Crippen LogP contribution in [0.15, 0.2) is 66.7 Å². The van der Waals surface area contributed by atoms with Crippen LogP contribution in [0.1, 0.15) is 15.9 Å². The lowest BCUT2D eigenvalue weighted by molar-refractivity contribution is 0.0664. The summed E-state index contributed by atoms with van der Waals surface area (Å²) in [7, 11) is 2.08. The Morgan fingerprint density at radius 3 is 2.55 bits per heavy atom. The van der Waals surface area contributed by atoms with Gasteiger partial charge >= 0.3 is 0 Å². The highest BCUT2D eigenvalue weighted by Crippen LogP contribution is 2.23. The second-order valence-electron chi connectivity index (χ2n) is 7.77. The summed E-state index contributed by atoms with van der Waals surface area (Å²) in [5, 5.41) is 6.58. The third-order valence-electron chi connectivity index (χ3n) is 5.40. The predicted molar refractivity (Wildman–Crippen MR) is 126 cm³/mol. The molecule has 0 unspecified atom stereocenters. The number of likely N-dealkylation sites (N-methyl/N-ethyl adjacent to an activating group) is 1. The van der Waals surface area contributed by atoms with Crippen molar-refractivity contribution in [2.75, 3.05) is 49.6 Å². The van der Waals surface area contributed by atoms with E-state index in [1.54, 1.807) is 0 Å². The first-order chi connectivity index (χ1) is 15.1. The highest BCUT2D eigenvalue weighted by Gasteiger charge is 2.20. The van der Waals surface area contributed by atoms with E-state index < -0.39 is 0 Å². The first kappa shape index (κ1) is 20.7. The number of pyridine rings is 1. The first-order valence-corrected chi connectivity index (χ1v) is 10.5. The number of rotatable bonds is 6. The maximum atomic E-state index is 12.9. The number of aromatic nitrogens is 1. The second kappa shape index (κ2) is 9.49. The largest absolute Gasteiger partial charge is 0.396 e. The van der Waals surface area contributed by atoms with Gasteiger partial charge in [-0.1, -0.05) is 36.4 Å². The zero-order valence-corrected chi connectivity index (χ0v) is 17.7. The summed E-state index contributed by atoms with van der Waals surface area (Å²) in [6.45, 7) is 3.94. The molecule has 1 aromatic heterocycles. The van der Waals surface area contributed by atoms with Crippen LogP contribution in [-0.4, -0.2) is 53.9 Å². The summed E-state index contributed by atoms with van der Waals surface area (Å²) in [4.78, 5) is 21.6. The van der Waals surface area contributed by atoms with Gasteiger partial charge in [0.15, 0.2) is 5.82 Å². The molecule has 0 radical (unpaired) electrons. The number of nitrogens with two attached hydrogens (primary N) is 1. The van der Waals surface area contributed by atoms with Crippen LogP contribution in [0.2, 0.25) is 0 Å². The van der Waals surface area contributed by atoms with Crippen molar-refractivity contribution in [2.45, 2.75) is 6.54 Å². The van der Waals surface area contributed by atoms with Crippen LogP contribution in [0.25, 0.3) is 0 Å².